The molecule has 0 saturated carbocycles. The van der Waals surface area contributed by atoms with Crippen molar-refractivity contribution >= 4 is 40.7 Å². The highest BCUT2D eigenvalue weighted by Crippen LogP contribution is 2.25. The van der Waals surface area contributed by atoms with Crippen LogP contribution in [0.1, 0.15) is 19.8 Å². The van der Waals surface area contributed by atoms with Gasteiger partial charge in [0.05, 0.1) is 23.8 Å². The molecule has 1 heterocycles. The molecule has 0 bridgehead atoms. The summed E-state index contributed by atoms with van der Waals surface area (Å²) in [6.07, 6.45) is 5.23. The molecule has 0 aliphatic heterocycles. The van der Waals surface area contributed by atoms with Gasteiger partial charge in [0.15, 0.2) is 0 Å². The third-order valence-corrected chi connectivity index (χ3v) is 4.47. The number of nitrogens with zero attached hydrogens (tertiary/aromatic N) is 3. The molecule has 0 unspecified atom stereocenters. The predicted octanol–water partition coefficient (Wildman–Crippen LogP) is 3.05. The monoisotopic (exact) mass is 425 g/mol. The van der Waals surface area contributed by atoms with Crippen LogP contribution in [-0.2, 0) is 16.1 Å². The van der Waals surface area contributed by atoms with E-state index in [0.717, 1.165) is 19.4 Å². The lowest BCUT2D eigenvalue weighted by molar-refractivity contribution is -0.123. The zero-order valence-corrected chi connectivity index (χ0v) is 17.3. The summed E-state index contributed by atoms with van der Waals surface area (Å²) in [7, 11) is 0. The summed E-state index contributed by atoms with van der Waals surface area (Å²) in [5, 5.41) is 10.6. The molecular weight excluding hydrogens is 401 g/mol. The number of aryl methyl sites for hydroxylation is 1. The first-order valence-corrected chi connectivity index (χ1v) is 9.95. The number of hydrogen-bond acceptors (Lipinski definition) is 4. The molecule has 1 aromatic heterocycles. The van der Waals surface area contributed by atoms with E-state index < -0.39 is 0 Å². The molecule has 0 atom stereocenters. The lowest BCUT2D eigenvalue weighted by Crippen LogP contribution is -2.41. The maximum Gasteiger partial charge on any atom is 0.238 e. The average Bonchev–Trinajstić information content (AvgIpc) is 3.15. The van der Waals surface area contributed by atoms with Gasteiger partial charge in [-0.15, -0.1) is 0 Å². The van der Waals surface area contributed by atoms with Crippen molar-refractivity contribution in [1.82, 2.24) is 20.0 Å². The number of aromatic nitrogens is 2. The number of carbonyl (C=O) groups is 2. The Balaban J connectivity index is 1.75. The first-order valence-electron chi connectivity index (χ1n) is 9.19. The zero-order chi connectivity index (χ0) is 20.4. The van der Waals surface area contributed by atoms with Gasteiger partial charge >= 0.3 is 0 Å². The third kappa shape index (κ3) is 7.88. The number of hydrogen-bond donors (Lipinski definition) is 2. The van der Waals surface area contributed by atoms with Gasteiger partial charge in [-0.05, 0) is 43.7 Å². The maximum atomic E-state index is 12.3. The molecule has 28 heavy (non-hydrogen) atoms. The highest BCUT2D eigenvalue weighted by Gasteiger charge is 2.15. The summed E-state index contributed by atoms with van der Waals surface area (Å²) in [4.78, 5) is 26.3. The maximum absolute atomic E-state index is 12.3. The van der Waals surface area contributed by atoms with E-state index in [1.54, 1.807) is 24.4 Å². The van der Waals surface area contributed by atoms with Crippen molar-refractivity contribution in [3.05, 3.63) is 46.7 Å². The molecule has 2 aromatic rings. The topological polar surface area (TPSA) is 79.3 Å². The number of carbonyl (C=O) groups excluding carboxylic acids is 2. The second-order valence-electron chi connectivity index (χ2n) is 6.36. The van der Waals surface area contributed by atoms with Crippen molar-refractivity contribution in [2.45, 2.75) is 26.3 Å². The van der Waals surface area contributed by atoms with E-state index in [0.29, 0.717) is 28.8 Å². The molecular formula is C19H25Cl2N5O2. The molecule has 7 nitrogen and oxygen atoms in total. The summed E-state index contributed by atoms with van der Waals surface area (Å²) in [5.74, 6) is -0.338. The van der Waals surface area contributed by atoms with E-state index >= 15 is 0 Å². The first kappa shape index (κ1) is 22.2. The molecule has 0 saturated heterocycles. The van der Waals surface area contributed by atoms with Gasteiger partial charge in [0.1, 0.15) is 0 Å². The fourth-order valence-electron chi connectivity index (χ4n) is 2.67. The number of anilines is 1. The largest absolute Gasteiger partial charge is 0.355 e. The van der Waals surface area contributed by atoms with Gasteiger partial charge in [-0.3, -0.25) is 19.2 Å². The third-order valence-electron chi connectivity index (χ3n) is 3.92. The standard InChI is InChI=1S/C19H25Cl2N5O2/c1-2-9-25(13-18(27)22-7-3-10-26-11-4-8-23-26)14-19(28)24-17-6-5-15(20)12-16(17)21/h4-6,8,11-12H,2-3,7,9-10,13-14H2,1H3,(H,22,27)(H,24,28). The fourth-order valence-corrected chi connectivity index (χ4v) is 3.13. The van der Waals surface area contributed by atoms with Gasteiger partial charge in [-0.2, -0.15) is 5.10 Å². The van der Waals surface area contributed by atoms with Crippen LogP contribution in [0.3, 0.4) is 0 Å². The van der Waals surface area contributed by atoms with Crippen molar-refractivity contribution in [3.63, 3.8) is 0 Å². The quantitative estimate of drug-likeness (QED) is 0.542. The van der Waals surface area contributed by atoms with Gasteiger partial charge in [0, 0.05) is 30.5 Å². The van der Waals surface area contributed by atoms with E-state index in [2.05, 4.69) is 15.7 Å². The van der Waals surface area contributed by atoms with Crippen LogP contribution in [0.5, 0.6) is 0 Å². The number of rotatable bonds is 11. The number of amides is 2. The van der Waals surface area contributed by atoms with Gasteiger partial charge in [-0.1, -0.05) is 30.1 Å². The molecule has 0 spiro atoms. The smallest absolute Gasteiger partial charge is 0.238 e. The lowest BCUT2D eigenvalue weighted by atomic mass is 10.3. The molecule has 0 aliphatic carbocycles. The molecule has 2 amide bonds. The Bertz CT molecular complexity index is 768. The highest BCUT2D eigenvalue weighted by atomic mass is 35.5. The second kappa shape index (κ2) is 11.7. The van der Waals surface area contributed by atoms with Gasteiger partial charge in [0.25, 0.3) is 0 Å². The molecule has 2 rings (SSSR count). The Kier molecular flexibility index (Phi) is 9.27. The van der Waals surface area contributed by atoms with E-state index in [9.17, 15) is 9.59 Å². The Hall–Kier alpha value is -2.09. The Labute approximate surface area is 175 Å². The second-order valence-corrected chi connectivity index (χ2v) is 7.20. The summed E-state index contributed by atoms with van der Waals surface area (Å²) in [6.45, 7) is 4.22. The van der Waals surface area contributed by atoms with Crippen LogP contribution in [0.2, 0.25) is 10.0 Å². The van der Waals surface area contributed by atoms with Crippen LogP contribution < -0.4 is 10.6 Å². The summed E-state index contributed by atoms with van der Waals surface area (Å²) in [5.41, 5.74) is 0.496. The van der Waals surface area contributed by atoms with Crippen LogP contribution in [-0.4, -0.2) is 52.7 Å². The number of halogens is 2. The van der Waals surface area contributed by atoms with Crippen molar-refractivity contribution in [3.8, 4) is 0 Å². The predicted molar refractivity (Wildman–Crippen MR) is 112 cm³/mol. The molecule has 1 aromatic carbocycles. The average molecular weight is 426 g/mol. The van der Waals surface area contributed by atoms with Crippen LogP contribution in [0, 0.1) is 0 Å². The number of benzene rings is 1. The van der Waals surface area contributed by atoms with Crippen molar-refractivity contribution < 1.29 is 9.59 Å². The zero-order valence-electron chi connectivity index (χ0n) is 15.8. The molecule has 0 aliphatic rings. The molecule has 9 heteroatoms. The SMILES string of the molecule is CCCN(CC(=O)NCCCn1cccn1)CC(=O)Nc1ccc(Cl)cc1Cl. The van der Waals surface area contributed by atoms with Crippen LogP contribution in [0.25, 0.3) is 0 Å². The minimum atomic E-state index is -0.232. The minimum Gasteiger partial charge on any atom is -0.355 e. The summed E-state index contributed by atoms with van der Waals surface area (Å²) < 4.78 is 1.82. The van der Waals surface area contributed by atoms with Crippen molar-refractivity contribution in [1.29, 1.82) is 0 Å². The minimum absolute atomic E-state index is 0.105. The molecule has 0 fully saturated rings. The van der Waals surface area contributed by atoms with Gasteiger partial charge < -0.3 is 10.6 Å². The van der Waals surface area contributed by atoms with Crippen LogP contribution in [0.15, 0.2) is 36.7 Å². The normalized spacial score (nSPS) is 10.9. The van der Waals surface area contributed by atoms with Gasteiger partial charge in [0.2, 0.25) is 11.8 Å². The lowest BCUT2D eigenvalue weighted by Gasteiger charge is -2.20. The summed E-state index contributed by atoms with van der Waals surface area (Å²) >= 11 is 11.9. The molecule has 152 valence electrons. The van der Waals surface area contributed by atoms with Crippen LogP contribution >= 0.6 is 23.2 Å². The Morgan fingerprint density at radius 2 is 2.00 bits per heavy atom. The Morgan fingerprint density at radius 3 is 2.68 bits per heavy atom. The van der Waals surface area contributed by atoms with Crippen LogP contribution in [0.4, 0.5) is 5.69 Å². The summed E-state index contributed by atoms with van der Waals surface area (Å²) in [6, 6.07) is 6.74. The van der Waals surface area contributed by atoms with E-state index in [1.165, 1.54) is 0 Å². The molecule has 0 radical (unpaired) electrons. The van der Waals surface area contributed by atoms with Crippen molar-refractivity contribution in [2.75, 3.05) is 31.5 Å². The molecule has 2 N–H and O–H groups in total. The first-order chi connectivity index (χ1) is 13.5. The van der Waals surface area contributed by atoms with E-state index in [1.807, 2.05) is 28.8 Å². The van der Waals surface area contributed by atoms with Gasteiger partial charge in [-0.25, -0.2) is 0 Å². The van der Waals surface area contributed by atoms with E-state index in [-0.39, 0.29) is 24.9 Å². The fraction of sp³-hybridized carbons (Fsp3) is 0.421. The van der Waals surface area contributed by atoms with E-state index in [4.69, 9.17) is 23.2 Å². The Morgan fingerprint density at radius 1 is 1.21 bits per heavy atom. The highest BCUT2D eigenvalue weighted by molar-refractivity contribution is 6.36. The van der Waals surface area contributed by atoms with Crippen molar-refractivity contribution in [2.24, 2.45) is 0 Å². The number of nitrogens with one attached hydrogen (secondary N) is 2.